The lowest BCUT2D eigenvalue weighted by Crippen LogP contribution is -2.32. The molecule has 0 amide bonds. The Hall–Kier alpha value is -0.640. The normalized spacial score (nSPS) is 14.0. The molecule has 0 spiro atoms. The van der Waals surface area contributed by atoms with E-state index in [1.54, 1.807) is 6.07 Å². The van der Waals surface area contributed by atoms with Crippen molar-refractivity contribution in [3.8, 4) is 0 Å². The summed E-state index contributed by atoms with van der Waals surface area (Å²) in [7, 11) is 0. The molecule has 3 N–H and O–H groups in total. The topological polar surface area (TPSA) is 46.2 Å². The van der Waals surface area contributed by atoms with Crippen molar-refractivity contribution in [1.82, 2.24) is 0 Å². The lowest BCUT2D eigenvalue weighted by molar-refractivity contribution is 0.132. The highest BCUT2D eigenvalue weighted by Crippen LogP contribution is 2.32. The summed E-state index contributed by atoms with van der Waals surface area (Å²) in [6, 6.07) is 3.99. The molecule has 0 fully saturated rings. The first-order valence-electron chi connectivity index (χ1n) is 4.70. The highest BCUT2D eigenvalue weighted by atomic mass is 35.5. The molecule has 84 valence electrons. The summed E-state index contributed by atoms with van der Waals surface area (Å²) in [5.41, 5.74) is 6.23. The van der Waals surface area contributed by atoms with Crippen LogP contribution in [0.2, 0.25) is 5.02 Å². The molecule has 1 rings (SSSR count). The molecule has 0 aliphatic carbocycles. The smallest absolute Gasteiger partial charge is 0.141 e. The molecular weight excluding hydrogens is 217 g/mol. The van der Waals surface area contributed by atoms with E-state index >= 15 is 0 Å². The van der Waals surface area contributed by atoms with Crippen LogP contribution in [0, 0.1) is 11.2 Å². The molecule has 0 radical (unpaired) electrons. The first-order chi connectivity index (χ1) is 6.88. The third-order valence-corrected chi connectivity index (χ3v) is 2.84. The Balaban J connectivity index is 3.02. The van der Waals surface area contributed by atoms with Gasteiger partial charge in [-0.1, -0.05) is 31.5 Å². The van der Waals surface area contributed by atoms with Crippen LogP contribution in [0.4, 0.5) is 4.39 Å². The highest BCUT2D eigenvalue weighted by Gasteiger charge is 2.27. The van der Waals surface area contributed by atoms with Crippen molar-refractivity contribution in [2.75, 3.05) is 6.61 Å². The van der Waals surface area contributed by atoms with Crippen molar-refractivity contribution < 1.29 is 9.50 Å². The molecule has 0 heterocycles. The fourth-order valence-corrected chi connectivity index (χ4v) is 1.44. The number of hydrogen-bond acceptors (Lipinski definition) is 2. The molecule has 0 saturated carbocycles. The van der Waals surface area contributed by atoms with Gasteiger partial charge in [-0.15, -0.1) is 0 Å². The molecule has 0 aromatic heterocycles. The van der Waals surface area contributed by atoms with Crippen LogP contribution in [0.5, 0.6) is 0 Å². The van der Waals surface area contributed by atoms with Gasteiger partial charge in [0.05, 0.1) is 5.02 Å². The second-order valence-electron chi connectivity index (χ2n) is 4.30. The van der Waals surface area contributed by atoms with Crippen LogP contribution in [0.15, 0.2) is 18.2 Å². The van der Waals surface area contributed by atoms with Crippen molar-refractivity contribution >= 4 is 11.6 Å². The summed E-state index contributed by atoms with van der Waals surface area (Å²) in [5, 5.41) is 9.22. The van der Waals surface area contributed by atoms with Crippen LogP contribution in [-0.2, 0) is 0 Å². The summed E-state index contributed by atoms with van der Waals surface area (Å²) in [5.74, 6) is -0.463. The first-order valence-corrected chi connectivity index (χ1v) is 5.07. The Labute approximate surface area is 93.9 Å². The fourth-order valence-electron chi connectivity index (χ4n) is 1.26. The molecule has 1 aromatic carbocycles. The number of halogens is 2. The molecule has 2 nitrogen and oxygen atoms in total. The van der Waals surface area contributed by atoms with E-state index in [2.05, 4.69) is 0 Å². The van der Waals surface area contributed by atoms with Crippen molar-refractivity contribution in [2.24, 2.45) is 11.1 Å². The van der Waals surface area contributed by atoms with Gasteiger partial charge >= 0.3 is 0 Å². The average molecular weight is 232 g/mol. The lowest BCUT2D eigenvalue weighted by atomic mass is 9.82. The second-order valence-corrected chi connectivity index (χ2v) is 4.71. The number of nitrogens with two attached hydrogens (primary N) is 1. The van der Waals surface area contributed by atoms with Crippen molar-refractivity contribution in [2.45, 2.75) is 19.9 Å². The van der Waals surface area contributed by atoms with Crippen molar-refractivity contribution in [3.63, 3.8) is 0 Å². The zero-order valence-electron chi connectivity index (χ0n) is 8.80. The molecule has 0 bridgehead atoms. The van der Waals surface area contributed by atoms with E-state index in [4.69, 9.17) is 22.4 Å². The third kappa shape index (κ3) is 2.68. The Morgan fingerprint density at radius 1 is 1.53 bits per heavy atom. The maximum absolute atomic E-state index is 12.9. The molecule has 1 atom stereocenters. The van der Waals surface area contributed by atoms with Crippen LogP contribution in [0.3, 0.4) is 0 Å². The summed E-state index contributed by atoms with van der Waals surface area (Å²) < 4.78 is 12.9. The average Bonchev–Trinajstić information content (AvgIpc) is 2.21. The van der Waals surface area contributed by atoms with E-state index in [9.17, 15) is 4.39 Å². The Kier molecular flexibility index (Phi) is 3.71. The van der Waals surface area contributed by atoms with Gasteiger partial charge < -0.3 is 10.8 Å². The van der Waals surface area contributed by atoms with Gasteiger partial charge in [0, 0.05) is 18.1 Å². The van der Waals surface area contributed by atoms with Gasteiger partial charge in [0.1, 0.15) is 5.82 Å². The van der Waals surface area contributed by atoms with Crippen LogP contribution in [-0.4, -0.2) is 11.7 Å². The SMILES string of the molecule is CC(C)(CO)[C@H](N)c1ccc(F)c(Cl)c1. The fraction of sp³-hybridized carbons (Fsp3) is 0.455. The van der Waals surface area contributed by atoms with Gasteiger partial charge in [-0.05, 0) is 17.7 Å². The van der Waals surface area contributed by atoms with E-state index < -0.39 is 11.2 Å². The van der Waals surface area contributed by atoms with E-state index in [1.807, 2.05) is 13.8 Å². The zero-order valence-corrected chi connectivity index (χ0v) is 9.55. The van der Waals surface area contributed by atoms with Crippen LogP contribution < -0.4 is 5.73 Å². The van der Waals surface area contributed by atoms with Gasteiger partial charge in [0.2, 0.25) is 0 Å². The standard InChI is InChI=1S/C11H15ClFNO/c1-11(2,6-15)10(14)7-3-4-9(13)8(12)5-7/h3-5,10,15H,6,14H2,1-2H3/t10-/m1/s1. The zero-order chi connectivity index (χ0) is 11.6. The van der Waals surface area contributed by atoms with E-state index in [1.165, 1.54) is 12.1 Å². The maximum atomic E-state index is 12.9. The lowest BCUT2D eigenvalue weighted by Gasteiger charge is -2.29. The predicted octanol–water partition coefficient (Wildman–Crippen LogP) is 2.50. The Bertz CT molecular complexity index is 354. The minimum atomic E-state index is -0.463. The summed E-state index contributed by atoms with van der Waals surface area (Å²) in [4.78, 5) is 0. The molecule has 15 heavy (non-hydrogen) atoms. The monoisotopic (exact) mass is 231 g/mol. The van der Waals surface area contributed by atoms with E-state index in [-0.39, 0.29) is 17.7 Å². The number of benzene rings is 1. The largest absolute Gasteiger partial charge is 0.396 e. The van der Waals surface area contributed by atoms with Gasteiger partial charge in [-0.3, -0.25) is 0 Å². The third-order valence-electron chi connectivity index (χ3n) is 2.55. The summed E-state index contributed by atoms with van der Waals surface area (Å²) in [6.45, 7) is 3.65. The number of aliphatic hydroxyl groups is 1. The molecule has 0 aliphatic heterocycles. The quantitative estimate of drug-likeness (QED) is 0.840. The molecule has 0 aliphatic rings. The van der Waals surface area contributed by atoms with Crippen LogP contribution in [0.25, 0.3) is 0 Å². The molecule has 1 aromatic rings. The van der Waals surface area contributed by atoms with Crippen LogP contribution in [0.1, 0.15) is 25.5 Å². The number of aliphatic hydroxyl groups excluding tert-OH is 1. The van der Waals surface area contributed by atoms with E-state index in [0.29, 0.717) is 0 Å². The molecule has 0 saturated heterocycles. The minimum absolute atomic E-state index is 0.0385. The predicted molar refractivity (Wildman–Crippen MR) is 59.2 cm³/mol. The van der Waals surface area contributed by atoms with Gasteiger partial charge in [-0.25, -0.2) is 4.39 Å². The van der Waals surface area contributed by atoms with Gasteiger partial charge in [-0.2, -0.15) is 0 Å². The number of hydrogen-bond donors (Lipinski definition) is 2. The highest BCUT2D eigenvalue weighted by molar-refractivity contribution is 6.30. The first kappa shape index (κ1) is 12.4. The maximum Gasteiger partial charge on any atom is 0.141 e. The second kappa shape index (κ2) is 4.47. The summed E-state index contributed by atoms with van der Waals surface area (Å²) >= 11 is 5.66. The van der Waals surface area contributed by atoms with Crippen LogP contribution >= 0.6 is 11.6 Å². The molecular formula is C11H15ClFNO. The van der Waals surface area contributed by atoms with Gasteiger partial charge in [0.25, 0.3) is 0 Å². The molecule has 0 unspecified atom stereocenters. The Morgan fingerprint density at radius 3 is 2.60 bits per heavy atom. The molecule has 4 heteroatoms. The Morgan fingerprint density at radius 2 is 2.13 bits per heavy atom. The van der Waals surface area contributed by atoms with Crippen molar-refractivity contribution in [3.05, 3.63) is 34.6 Å². The van der Waals surface area contributed by atoms with Crippen molar-refractivity contribution in [1.29, 1.82) is 0 Å². The number of rotatable bonds is 3. The van der Waals surface area contributed by atoms with E-state index in [0.717, 1.165) is 5.56 Å². The summed E-state index contributed by atoms with van der Waals surface area (Å²) in [6.07, 6.45) is 0. The van der Waals surface area contributed by atoms with Gasteiger partial charge in [0.15, 0.2) is 0 Å². The minimum Gasteiger partial charge on any atom is -0.396 e.